The van der Waals surface area contributed by atoms with Gasteiger partial charge in [-0.05, 0) is 38.1 Å². The fourth-order valence-corrected chi connectivity index (χ4v) is 2.14. The van der Waals surface area contributed by atoms with E-state index in [4.69, 9.17) is 11.6 Å². The van der Waals surface area contributed by atoms with Gasteiger partial charge < -0.3 is 9.67 Å². The van der Waals surface area contributed by atoms with Crippen molar-refractivity contribution in [3.05, 3.63) is 35.0 Å². The molecule has 0 fully saturated rings. The Morgan fingerprint density at radius 3 is 2.73 bits per heavy atom. The molecule has 2 rings (SSSR count). The molecule has 2 aromatic rings. The number of benzene rings is 1. The van der Waals surface area contributed by atoms with Gasteiger partial charge in [0, 0.05) is 28.2 Å². The van der Waals surface area contributed by atoms with Crippen LogP contribution in [0.5, 0.6) is 0 Å². The molecule has 0 amide bonds. The van der Waals surface area contributed by atoms with Crippen LogP contribution < -0.4 is 0 Å². The predicted octanol–water partition coefficient (Wildman–Crippen LogP) is 3.37. The smallest absolute Gasteiger partial charge is 0.0912 e. The zero-order chi connectivity index (χ0) is 11.0. The summed E-state index contributed by atoms with van der Waals surface area (Å²) in [7, 11) is 0. The van der Waals surface area contributed by atoms with Gasteiger partial charge in [-0.1, -0.05) is 11.6 Å². The number of halogens is 1. The number of aryl methyl sites for hydroxylation is 1. The van der Waals surface area contributed by atoms with Gasteiger partial charge in [-0.3, -0.25) is 0 Å². The number of fused-ring (bicyclic) bond motifs is 1. The maximum Gasteiger partial charge on any atom is 0.0912 e. The van der Waals surface area contributed by atoms with Crippen LogP contribution in [-0.2, 0) is 6.54 Å². The molecule has 0 bridgehead atoms. The van der Waals surface area contributed by atoms with Crippen LogP contribution in [0.25, 0.3) is 10.9 Å². The van der Waals surface area contributed by atoms with Crippen molar-refractivity contribution in [2.45, 2.75) is 26.5 Å². The van der Waals surface area contributed by atoms with Crippen molar-refractivity contribution in [3.63, 3.8) is 0 Å². The van der Waals surface area contributed by atoms with Gasteiger partial charge in [-0.2, -0.15) is 0 Å². The first-order valence-corrected chi connectivity index (χ1v) is 5.48. The van der Waals surface area contributed by atoms with E-state index in [1.807, 2.05) is 24.3 Å². The topological polar surface area (TPSA) is 25.2 Å². The van der Waals surface area contributed by atoms with Gasteiger partial charge in [0.15, 0.2) is 0 Å². The second kappa shape index (κ2) is 3.87. The molecule has 1 aromatic heterocycles. The van der Waals surface area contributed by atoms with Crippen LogP contribution in [-0.4, -0.2) is 9.67 Å². The minimum atomic E-state index is -0.448. The molecule has 1 heterocycles. The van der Waals surface area contributed by atoms with Crippen molar-refractivity contribution < 1.29 is 5.11 Å². The summed E-state index contributed by atoms with van der Waals surface area (Å²) < 4.78 is 2.11. The summed E-state index contributed by atoms with van der Waals surface area (Å²) in [5, 5.41) is 11.5. The van der Waals surface area contributed by atoms with Crippen LogP contribution in [0.2, 0.25) is 5.02 Å². The summed E-state index contributed by atoms with van der Waals surface area (Å²) >= 11 is 5.93. The zero-order valence-electron chi connectivity index (χ0n) is 8.87. The lowest BCUT2D eigenvalue weighted by atomic mass is 10.2. The average molecular weight is 224 g/mol. The van der Waals surface area contributed by atoms with Gasteiger partial charge in [0.2, 0.25) is 0 Å². The van der Waals surface area contributed by atoms with Crippen LogP contribution >= 0.6 is 11.6 Å². The molecule has 1 atom stereocenters. The first-order valence-electron chi connectivity index (χ1n) is 5.10. The second-order valence-electron chi connectivity index (χ2n) is 3.69. The van der Waals surface area contributed by atoms with Gasteiger partial charge in [0.05, 0.1) is 6.10 Å². The highest BCUT2D eigenvalue weighted by Crippen LogP contribution is 2.26. The average Bonchev–Trinajstić information content (AvgIpc) is 2.55. The Hall–Kier alpha value is -0.990. The van der Waals surface area contributed by atoms with E-state index >= 15 is 0 Å². The predicted molar refractivity (Wildman–Crippen MR) is 63.3 cm³/mol. The van der Waals surface area contributed by atoms with E-state index in [2.05, 4.69) is 11.5 Å². The Balaban J connectivity index is 2.73. The largest absolute Gasteiger partial charge is 0.387 e. The van der Waals surface area contributed by atoms with E-state index in [1.165, 1.54) is 0 Å². The van der Waals surface area contributed by atoms with E-state index < -0.39 is 6.10 Å². The van der Waals surface area contributed by atoms with E-state index in [1.54, 1.807) is 6.92 Å². The molecule has 0 aliphatic rings. The standard InChI is InChI=1S/C12H14ClNO/c1-3-14-11-5-4-10(13)6-9(11)7-12(14)8(2)15/h4-8,15H,3H2,1-2H3. The SMILES string of the molecule is CCn1c(C(C)O)cc2cc(Cl)ccc21. The van der Waals surface area contributed by atoms with Crippen molar-refractivity contribution in [2.24, 2.45) is 0 Å². The van der Waals surface area contributed by atoms with E-state index in [9.17, 15) is 5.11 Å². The number of aromatic nitrogens is 1. The fourth-order valence-electron chi connectivity index (χ4n) is 1.96. The minimum absolute atomic E-state index is 0.448. The third-order valence-corrected chi connectivity index (χ3v) is 2.87. The summed E-state index contributed by atoms with van der Waals surface area (Å²) in [6.45, 7) is 4.70. The van der Waals surface area contributed by atoms with Crippen LogP contribution in [0.15, 0.2) is 24.3 Å². The van der Waals surface area contributed by atoms with Gasteiger partial charge in [-0.25, -0.2) is 0 Å². The quantitative estimate of drug-likeness (QED) is 0.830. The molecule has 0 aliphatic heterocycles. The summed E-state index contributed by atoms with van der Waals surface area (Å²) in [6.07, 6.45) is -0.448. The first kappa shape index (κ1) is 10.5. The number of aliphatic hydroxyl groups is 1. The Morgan fingerprint density at radius 2 is 2.13 bits per heavy atom. The summed E-state index contributed by atoms with van der Waals surface area (Å²) in [4.78, 5) is 0. The molecule has 1 N–H and O–H groups in total. The number of nitrogens with zero attached hydrogens (tertiary/aromatic N) is 1. The van der Waals surface area contributed by atoms with Crippen LogP contribution in [0, 0.1) is 0 Å². The molecule has 0 aliphatic carbocycles. The molecule has 0 spiro atoms. The first-order chi connectivity index (χ1) is 7.13. The summed E-state index contributed by atoms with van der Waals surface area (Å²) in [5.41, 5.74) is 2.06. The van der Waals surface area contributed by atoms with Crippen molar-refractivity contribution in [1.82, 2.24) is 4.57 Å². The molecule has 2 nitrogen and oxygen atoms in total. The molecule has 15 heavy (non-hydrogen) atoms. The van der Waals surface area contributed by atoms with E-state index in [-0.39, 0.29) is 0 Å². The Labute approximate surface area is 94.1 Å². The monoisotopic (exact) mass is 223 g/mol. The maximum absolute atomic E-state index is 9.65. The van der Waals surface area contributed by atoms with Gasteiger partial charge in [0.1, 0.15) is 0 Å². The molecule has 1 aromatic carbocycles. The minimum Gasteiger partial charge on any atom is -0.387 e. The molecule has 0 radical (unpaired) electrons. The molecule has 3 heteroatoms. The molecule has 1 unspecified atom stereocenters. The number of hydrogen-bond donors (Lipinski definition) is 1. The summed E-state index contributed by atoms with van der Waals surface area (Å²) in [5.74, 6) is 0. The molecule has 0 saturated carbocycles. The normalized spacial score (nSPS) is 13.3. The van der Waals surface area contributed by atoms with Crippen molar-refractivity contribution in [2.75, 3.05) is 0 Å². The third kappa shape index (κ3) is 1.75. The number of rotatable bonds is 2. The summed E-state index contributed by atoms with van der Waals surface area (Å²) in [6, 6.07) is 7.79. The number of hydrogen-bond acceptors (Lipinski definition) is 1. The van der Waals surface area contributed by atoms with Crippen LogP contribution in [0.1, 0.15) is 25.6 Å². The molecular formula is C12H14ClNO. The van der Waals surface area contributed by atoms with Crippen LogP contribution in [0.3, 0.4) is 0 Å². The van der Waals surface area contributed by atoms with E-state index in [0.717, 1.165) is 28.2 Å². The van der Waals surface area contributed by atoms with Crippen LogP contribution in [0.4, 0.5) is 0 Å². The molecule has 80 valence electrons. The Kier molecular flexibility index (Phi) is 2.72. The van der Waals surface area contributed by atoms with Crippen molar-refractivity contribution in [3.8, 4) is 0 Å². The Morgan fingerprint density at radius 1 is 1.40 bits per heavy atom. The highest BCUT2D eigenvalue weighted by atomic mass is 35.5. The van der Waals surface area contributed by atoms with Gasteiger partial charge >= 0.3 is 0 Å². The lowest BCUT2D eigenvalue weighted by Gasteiger charge is -2.09. The lowest BCUT2D eigenvalue weighted by molar-refractivity contribution is 0.190. The van der Waals surface area contributed by atoms with Gasteiger partial charge in [-0.15, -0.1) is 0 Å². The highest BCUT2D eigenvalue weighted by molar-refractivity contribution is 6.31. The van der Waals surface area contributed by atoms with Crippen molar-refractivity contribution >= 4 is 22.5 Å². The highest BCUT2D eigenvalue weighted by Gasteiger charge is 2.11. The molecular weight excluding hydrogens is 210 g/mol. The zero-order valence-corrected chi connectivity index (χ0v) is 9.62. The van der Waals surface area contributed by atoms with E-state index in [0.29, 0.717) is 0 Å². The maximum atomic E-state index is 9.65. The Bertz CT molecular complexity index is 488. The number of aliphatic hydroxyl groups excluding tert-OH is 1. The van der Waals surface area contributed by atoms with Crippen molar-refractivity contribution in [1.29, 1.82) is 0 Å². The third-order valence-electron chi connectivity index (χ3n) is 2.64. The second-order valence-corrected chi connectivity index (χ2v) is 4.13. The fraction of sp³-hybridized carbons (Fsp3) is 0.333. The lowest BCUT2D eigenvalue weighted by Crippen LogP contribution is -2.03. The van der Waals surface area contributed by atoms with Gasteiger partial charge in [0.25, 0.3) is 0 Å². The molecule has 0 saturated heterocycles.